The van der Waals surface area contributed by atoms with Crippen molar-refractivity contribution in [1.82, 2.24) is 10.2 Å². The lowest BCUT2D eigenvalue weighted by Crippen LogP contribution is -2.63. The Balaban J connectivity index is 2.82. The summed E-state index contributed by atoms with van der Waals surface area (Å²) < 4.78 is 0. The van der Waals surface area contributed by atoms with E-state index in [9.17, 15) is 9.59 Å². The van der Waals surface area contributed by atoms with Gasteiger partial charge in [0.15, 0.2) is 0 Å². The molecule has 0 atom stereocenters. The zero-order chi connectivity index (χ0) is 10.8. The lowest BCUT2D eigenvalue weighted by atomic mass is 9.98. The van der Waals surface area contributed by atoms with Crippen molar-refractivity contribution >= 4 is 11.8 Å². The number of nitrogens with one attached hydrogen (secondary N) is 1. The summed E-state index contributed by atoms with van der Waals surface area (Å²) in [4.78, 5) is 24.6. The van der Waals surface area contributed by atoms with Crippen molar-refractivity contribution in [2.45, 2.75) is 25.8 Å². The maximum atomic E-state index is 11.6. The fraction of sp³-hybridized carbons (Fsp3) is 0.600. The maximum absolute atomic E-state index is 11.6. The molecule has 0 saturated carbocycles. The first kappa shape index (κ1) is 10.6. The molecule has 1 N–H and O–H groups in total. The van der Waals surface area contributed by atoms with Crippen molar-refractivity contribution in [3.63, 3.8) is 0 Å². The van der Waals surface area contributed by atoms with Gasteiger partial charge in [0.2, 0.25) is 11.8 Å². The van der Waals surface area contributed by atoms with Crippen LogP contribution in [-0.2, 0) is 9.59 Å². The Labute approximate surface area is 83.6 Å². The topological polar surface area (TPSA) is 49.4 Å². The van der Waals surface area contributed by atoms with E-state index in [0.29, 0.717) is 13.1 Å². The average molecular weight is 194 g/mol. The highest BCUT2D eigenvalue weighted by molar-refractivity contribution is 5.92. The van der Waals surface area contributed by atoms with Crippen molar-refractivity contribution in [3.05, 3.63) is 0 Å². The highest BCUT2D eigenvalue weighted by Gasteiger charge is 2.39. The number of amides is 2. The van der Waals surface area contributed by atoms with E-state index in [0.717, 1.165) is 0 Å². The van der Waals surface area contributed by atoms with E-state index < -0.39 is 5.54 Å². The van der Waals surface area contributed by atoms with E-state index in [1.54, 1.807) is 13.8 Å². The standard InChI is InChI=1S/C10H14N2O2/c1-4-5-8(13)12-7-6-11-9(14)10(12,2)3/h1H,5-7H2,2-3H3,(H,11,14). The molecular formula is C10H14N2O2. The third kappa shape index (κ3) is 1.72. The number of terminal acetylenes is 1. The third-order valence-electron chi connectivity index (χ3n) is 2.41. The minimum absolute atomic E-state index is 0.0523. The van der Waals surface area contributed by atoms with Crippen LogP contribution in [0.3, 0.4) is 0 Å². The zero-order valence-electron chi connectivity index (χ0n) is 8.46. The van der Waals surface area contributed by atoms with E-state index in [-0.39, 0.29) is 18.2 Å². The Morgan fingerprint density at radius 3 is 2.93 bits per heavy atom. The molecule has 0 spiro atoms. The second-order valence-corrected chi connectivity index (χ2v) is 3.74. The predicted octanol–water partition coefficient (Wildman–Crippen LogP) is -0.253. The second kappa shape index (κ2) is 3.70. The van der Waals surface area contributed by atoms with Gasteiger partial charge in [0.1, 0.15) is 5.54 Å². The lowest BCUT2D eigenvalue weighted by molar-refractivity contribution is -0.148. The summed E-state index contributed by atoms with van der Waals surface area (Å²) in [6.45, 7) is 4.46. The SMILES string of the molecule is C#CCC(=O)N1CCNC(=O)C1(C)C. The summed E-state index contributed by atoms with van der Waals surface area (Å²) in [7, 11) is 0. The Morgan fingerprint density at radius 2 is 2.36 bits per heavy atom. The monoisotopic (exact) mass is 194 g/mol. The lowest BCUT2D eigenvalue weighted by Gasteiger charge is -2.40. The number of carbonyl (C=O) groups is 2. The first-order valence-electron chi connectivity index (χ1n) is 4.52. The van der Waals surface area contributed by atoms with Crippen molar-refractivity contribution < 1.29 is 9.59 Å². The van der Waals surface area contributed by atoms with Crippen molar-refractivity contribution in [1.29, 1.82) is 0 Å². The van der Waals surface area contributed by atoms with Gasteiger partial charge in [0, 0.05) is 13.1 Å². The van der Waals surface area contributed by atoms with Crippen LogP contribution in [0.25, 0.3) is 0 Å². The van der Waals surface area contributed by atoms with E-state index in [1.807, 2.05) is 0 Å². The van der Waals surface area contributed by atoms with Gasteiger partial charge in [0.05, 0.1) is 6.42 Å². The van der Waals surface area contributed by atoms with Gasteiger partial charge < -0.3 is 10.2 Å². The number of carbonyl (C=O) groups excluding carboxylic acids is 2. The van der Waals surface area contributed by atoms with Gasteiger partial charge >= 0.3 is 0 Å². The Hall–Kier alpha value is -1.50. The smallest absolute Gasteiger partial charge is 0.245 e. The van der Waals surface area contributed by atoms with Gasteiger partial charge in [0.25, 0.3) is 0 Å². The molecule has 4 nitrogen and oxygen atoms in total. The fourth-order valence-electron chi connectivity index (χ4n) is 1.52. The average Bonchev–Trinajstić information content (AvgIpc) is 2.10. The van der Waals surface area contributed by atoms with E-state index in [1.165, 1.54) is 4.90 Å². The van der Waals surface area contributed by atoms with Crippen LogP contribution in [0.2, 0.25) is 0 Å². The quantitative estimate of drug-likeness (QED) is 0.585. The van der Waals surface area contributed by atoms with E-state index >= 15 is 0 Å². The Kier molecular flexibility index (Phi) is 2.80. The van der Waals surface area contributed by atoms with Crippen LogP contribution in [0.1, 0.15) is 20.3 Å². The molecule has 2 amide bonds. The van der Waals surface area contributed by atoms with Crippen molar-refractivity contribution in [3.8, 4) is 12.3 Å². The second-order valence-electron chi connectivity index (χ2n) is 3.74. The number of hydrogen-bond acceptors (Lipinski definition) is 2. The van der Waals surface area contributed by atoms with Gasteiger partial charge in [-0.2, -0.15) is 0 Å². The third-order valence-corrected chi connectivity index (χ3v) is 2.41. The molecule has 0 aromatic carbocycles. The van der Waals surface area contributed by atoms with Crippen LogP contribution >= 0.6 is 0 Å². The molecule has 76 valence electrons. The number of piperazine rings is 1. The van der Waals surface area contributed by atoms with Gasteiger partial charge in [-0.15, -0.1) is 6.42 Å². The first-order chi connectivity index (χ1) is 6.50. The highest BCUT2D eigenvalue weighted by atomic mass is 16.2. The predicted molar refractivity (Wildman–Crippen MR) is 52.3 cm³/mol. The molecule has 14 heavy (non-hydrogen) atoms. The summed E-state index contributed by atoms with van der Waals surface area (Å²) in [5.74, 6) is 2.00. The minimum Gasteiger partial charge on any atom is -0.352 e. The molecule has 0 aromatic rings. The fourth-order valence-corrected chi connectivity index (χ4v) is 1.52. The summed E-state index contributed by atoms with van der Waals surface area (Å²) in [6.07, 6.45) is 5.11. The molecule has 0 aliphatic carbocycles. The summed E-state index contributed by atoms with van der Waals surface area (Å²) >= 11 is 0. The van der Waals surface area contributed by atoms with Crippen LogP contribution in [0, 0.1) is 12.3 Å². The van der Waals surface area contributed by atoms with Crippen LogP contribution in [0.4, 0.5) is 0 Å². The van der Waals surface area contributed by atoms with Gasteiger partial charge in [-0.3, -0.25) is 9.59 Å². The molecule has 4 heteroatoms. The molecule has 1 fully saturated rings. The number of hydrogen-bond donors (Lipinski definition) is 1. The minimum atomic E-state index is -0.786. The van der Waals surface area contributed by atoms with E-state index in [4.69, 9.17) is 6.42 Å². The largest absolute Gasteiger partial charge is 0.352 e. The summed E-state index contributed by atoms with van der Waals surface area (Å²) in [6, 6.07) is 0. The summed E-state index contributed by atoms with van der Waals surface area (Å²) in [5, 5.41) is 2.71. The van der Waals surface area contributed by atoms with Crippen LogP contribution < -0.4 is 5.32 Å². The molecule has 1 rings (SSSR count). The molecule has 0 radical (unpaired) electrons. The highest BCUT2D eigenvalue weighted by Crippen LogP contribution is 2.18. The molecular weight excluding hydrogens is 180 g/mol. The normalized spacial score (nSPS) is 19.8. The Morgan fingerprint density at radius 1 is 1.71 bits per heavy atom. The first-order valence-corrected chi connectivity index (χ1v) is 4.52. The zero-order valence-corrected chi connectivity index (χ0v) is 8.46. The van der Waals surface area contributed by atoms with Crippen molar-refractivity contribution in [2.75, 3.05) is 13.1 Å². The molecule has 0 unspecified atom stereocenters. The number of nitrogens with zero attached hydrogens (tertiary/aromatic N) is 1. The molecule has 1 saturated heterocycles. The Bertz CT molecular complexity index is 302. The van der Waals surface area contributed by atoms with Crippen LogP contribution in [0.5, 0.6) is 0 Å². The summed E-state index contributed by atoms with van der Waals surface area (Å²) in [5.41, 5.74) is -0.786. The van der Waals surface area contributed by atoms with Crippen LogP contribution in [-0.4, -0.2) is 35.3 Å². The maximum Gasteiger partial charge on any atom is 0.245 e. The molecule has 0 aromatic heterocycles. The van der Waals surface area contributed by atoms with Crippen molar-refractivity contribution in [2.24, 2.45) is 0 Å². The van der Waals surface area contributed by atoms with Gasteiger partial charge in [-0.05, 0) is 13.8 Å². The molecule has 1 aliphatic heterocycles. The molecule has 0 bridgehead atoms. The van der Waals surface area contributed by atoms with E-state index in [2.05, 4.69) is 11.2 Å². The molecule has 1 heterocycles. The number of rotatable bonds is 1. The van der Waals surface area contributed by atoms with Gasteiger partial charge in [-0.25, -0.2) is 0 Å². The van der Waals surface area contributed by atoms with Gasteiger partial charge in [-0.1, -0.05) is 5.92 Å². The molecule has 1 aliphatic rings. The van der Waals surface area contributed by atoms with Crippen LogP contribution in [0.15, 0.2) is 0 Å².